The molecule has 0 aliphatic rings. The fourth-order valence-corrected chi connectivity index (χ4v) is 2.49. The van der Waals surface area contributed by atoms with Gasteiger partial charge in [0.05, 0.1) is 0 Å². The molecule has 1 aromatic carbocycles. The van der Waals surface area contributed by atoms with E-state index in [1.807, 2.05) is 12.4 Å². The molecule has 1 aromatic heterocycles. The highest BCUT2D eigenvalue weighted by Gasteiger charge is 2.03. The number of rotatable bonds is 4. The van der Waals surface area contributed by atoms with E-state index in [-0.39, 0.29) is 0 Å². The van der Waals surface area contributed by atoms with Crippen molar-refractivity contribution < 1.29 is 0 Å². The van der Waals surface area contributed by atoms with Gasteiger partial charge in [-0.05, 0) is 35.4 Å². The molecule has 0 N–H and O–H groups in total. The normalized spacial score (nSPS) is 10.5. The molecule has 17 heavy (non-hydrogen) atoms. The lowest BCUT2D eigenvalue weighted by Crippen LogP contribution is -1.86. The maximum Gasteiger partial charge on any atom is 0.0410 e. The lowest BCUT2D eigenvalue weighted by Gasteiger charge is -2.07. The molecule has 0 unspecified atom stereocenters. The number of aryl methyl sites for hydroxylation is 1. The van der Waals surface area contributed by atoms with Crippen LogP contribution in [0.5, 0.6) is 0 Å². The summed E-state index contributed by atoms with van der Waals surface area (Å²) >= 11 is 1.74. The van der Waals surface area contributed by atoms with E-state index in [1.54, 1.807) is 11.8 Å². The van der Waals surface area contributed by atoms with Crippen molar-refractivity contribution in [3.05, 3.63) is 48.3 Å². The van der Waals surface area contributed by atoms with Crippen LogP contribution in [0.15, 0.2) is 47.6 Å². The van der Waals surface area contributed by atoms with Crippen LogP contribution in [-0.2, 0) is 6.42 Å². The number of benzene rings is 1. The molecule has 1 nitrogen and oxygen atoms in total. The topological polar surface area (TPSA) is 12.9 Å². The summed E-state index contributed by atoms with van der Waals surface area (Å²) in [6.45, 7) is 2.21. The Bertz CT molecular complexity index is 477. The van der Waals surface area contributed by atoms with Gasteiger partial charge in [0.25, 0.3) is 0 Å². The average Bonchev–Trinajstić information content (AvgIpc) is 2.40. The number of thioether (sulfide) groups is 1. The summed E-state index contributed by atoms with van der Waals surface area (Å²) in [6, 6.07) is 11.0. The standard InChI is InChI=1S/C15H17NS/c1-3-4-12-5-7-13(8-6-12)14-9-10-16-11-15(14)17-2/h5-11H,3-4H2,1-2H3. The van der Waals surface area contributed by atoms with Crippen molar-refractivity contribution in [1.82, 2.24) is 4.98 Å². The monoisotopic (exact) mass is 243 g/mol. The molecule has 0 atom stereocenters. The zero-order valence-corrected chi connectivity index (χ0v) is 11.1. The van der Waals surface area contributed by atoms with E-state index < -0.39 is 0 Å². The summed E-state index contributed by atoms with van der Waals surface area (Å²) < 4.78 is 0. The van der Waals surface area contributed by atoms with E-state index in [4.69, 9.17) is 0 Å². The van der Waals surface area contributed by atoms with E-state index in [1.165, 1.54) is 28.0 Å². The fourth-order valence-electron chi connectivity index (χ4n) is 1.92. The molecule has 0 aliphatic carbocycles. The third kappa shape index (κ3) is 2.89. The summed E-state index contributed by atoms with van der Waals surface area (Å²) in [4.78, 5) is 5.40. The lowest BCUT2D eigenvalue weighted by atomic mass is 10.0. The minimum Gasteiger partial charge on any atom is -0.264 e. The van der Waals surface area contributed by atoms with Gasteiger partial charge in [0, 0.05) is 17.3 Å². The predicted molar refractivity (Wildman–Crippen MR) is 75.4 cm³/mol. The highest BCUT2D eigenvalue weighted by Crippen LogP contribution is 2.29. The molecule has 0 aliphatic heterocycles. The van der Waals surface area contributed by atoms with Gasteiger partial charge < -0.3 is 0 Å². The minimum atomic E-state index is 1.16. The third-order valence-electron chi connectivity index (χ3n) is 2.81. The third-order valence-corrected chi connectivity index (χ3v) is 3.57. The Hall–Kier alpha value is -1.28. The quantitative estimate of drug-likeness (QED) is 0.737. The van der Waals surface area contributed by atoms with Crippen LogP contribution in [0.4, 0.5) is 0 Å². The predicted octanol–water partition coefficient (Wildman–Crippen LogP) is 4.42. The summed E-state index contributed by atoms with van der Waals surface area (Å²) in [6.07, 6.45) is 8.23. The maximum absolute atomic E-state index is 4.17. The van der Waals surface area contributed by atoms with Gasteiger partial charge >= 0.3 is 0 Å². The lowest BCUT2D eigenvalue weighted by molar-refractivity contribution is 0.922. The fraction of sp³-hybridized carbons (Fsp3) is 0.267. The molecular weight excluding hydrogens is 226 g/mol. The first-order chi connectivity index (χ1) is 8.35. The van der Waals surface area contributed by atoms with Gasteiger partial charge in [-0.15, -0.1) is 11.8 Å². The molecule has 0 amide bonds. The van der Waals surface area contributed by atoms with E-state index in [0.29, 0.717) is 0 Å². The largest absolute Gasteiger partial charge is 0.264 e. The molecule has 0 saturated carbocycles. The molecule has 88 valence electrons. The smallest absolute Gasteiger partial charge is 0.0410 e. The highest BCUT2D eigenvalue weighted by molar-refractivity contribution is 7.98. The Morgan fingerprint density at radius 1 is 1.12 bits per heavy atom. The molecule has 1 heterocycles. The molecule has 0 radical (unpaired) electrons. The van der Waals surface area contributed by atoms with Gasteiger partial charge in [0.15, 0.2) is 0 Å². The average molecular weight is 243 g/mol. The zero-order chi connectivity index (χ0) is 12.1. The summed E-state index contributed by atoms with van der Waals surface area (Å²) in [7, 11) is 0. The van der Waals surface area contributed by atoms with Crippen LogP contribution in [0.25, 0.3) is 11.1 Å². The van der Waals surface area contributed by atoms with Crippen molar-refractivity contribution in [3.63, 3.8) is 0 Å². The van der Waals surface area contributed by atoms with E-state index in [9.17, 15) is 0 Å². The van der Waals surface area contributed by atoms with Crippen molar-refractivity contribution in [2.75, 3.05) is 6.26 Å². The zero-order valence-electron chi connectivity index (χ0n) is 10.3. The van der Waals surface area contributed by atoms with Crippen LogP contribution < -0.4 is 0 Å². The van der Waals surface area contributed by atoms with Crippen molar-refractivity contribution in [2.45, 2.75) is 24.7 Å². The van der Waals surface area contributed by atoms with Crippen LogP contribution in [-0.4, -0.2) is 11.2 Å². The van der Waals surface area contributed by atoms with E-state index >= 15 is 0 Å². The maximum atomic E-state index is 4.17. The molecule has 2 heteroatoms. The second kappa shape index (κ2) is 5.87. The van der Waals surface area contributed by atoms with Crippen molar-refractivity contribution >= 4 is 11.8 Å². The van der Waals surface area contributed by atoms with Crippen LogP contribution in [0.3, 0.4) is 0 Å². The Balaban J connectivity index is 2.33. The Kier molecular flexibility index (Phi) is 4.21. The second-order valence-electron chi connectivity index (χ2n) is 4.02. The van der Waals surface area contributed by atoms with Gasteiger partial charge in [-0.25, -0.2) is 0 Å². The summed E-state index contributed by atoms with van der Waals surface area (Å²) in [5, 5.41) is 0. The molecule has 2 aromatic rings. The Labute approximate surface area is 107 Å². The first-order valence-electron chi connectivity index (χ1n) is 5.92. The number of pyridine rings is 1. The van der Waals surface area contributed by atoms with Crippen molar-refractivity contribution in [1.29, 1.82) is 0 Å². The molecule has 0 fully saturated rings. The number of hydrogen-bond donors (Lipinski definition) is 0. The second-order valence-corrected chi connectivity index (χ2v) is 4.87. The van der Waals surface area contributed by atoms with Crippen molar-refractivity contribution in [2.24, 2.45) is 0 Å². The molecule has 0 saturated heterocycles. The number of aromatic nitrogens is 1. The van der Waals surface area contributed by atoms with E-state index in [2.05, 4.69) is 48.5 Å². The van der Waals surface area contributed by atoms with Crippen molar-refractivity contribution in [3.8, 4) is 11.1 Å². The molecule has 0 spiro atoms. The minimum absolute atomic E-state index is 1.16. The summed E-state index contributed by atoms with van der Waals surface area (Å²) in [5.41, 5.74) is 3.96. The first kappa shape index (κ1) is 12.2. The number of hydrogen-bond acceptors (Lipinski definition) is 2. The van der Waals surface area contributed by atoms with Crippen LogP contribution in [0.2, 0.25) is 0 Å². The van der Waals surface area contributed by atoms with Gasteiger partial charge in [0.1, 0.15) is 0 Å². The Morgan fingerprint density at radius 3 is 2.53 bits per heavy atom. The number of nitrogens with zero attached hydrogens (tertiary/aromatic N) is 1. The van der Waals surface area contributed by atoms with Gasteiger partial charge in [0.2, 0.25) is 0 Å². The van der Waals surface area contributed by atoms with Gasteiger partial charge in [-0.1, -0.05) is 37.6 Å². The molecular formula is C15H17NS. The SMILES string of the molecule is CCCc1ccc(-c2ccncc2SC)cc1. The first-order valence-corrected chi connectivity index (χ1v) is 7.15. The summed E-state index contributed by atoms with van der Waals surface area (Å²) in [5.74, 6) is 0. The van der Waals surface area contributed by atoms with Gasteiger partial charge in [-0.2, -0.15) is 0 Å². The van der Waals surface area contributed by atoms with Crippen LogP contribution in [0, 0.1) is 0 Å². The van der Waals surface area contributed by atoms with E-state index in [0.717, 1.165) is 6.42 Å². The highest BCUT2D eigenvalue weighted by atomic mass is 32.2. The van der Waals surface area contributed by atoms with Crippen LogP contribution in [0.1, 0.15) is 18.9 Å². The van der Waals surface area contributed by atoms with Crippen LogP contribution >= 0.6 is 11.8 Å². The van der Waals surface area contributed by atoms with Gasteiger partial charge in [-0.3, -0.25) is 4.98 Å². The Morgan fingerprint density at radius 2 is 1.88 bits per heavy atom. The molecule has 2 rings (SSSR count). The molecule has 0 bridgehead atoms.